The smallest absolute Gasteiger partial charge is 0.282 e. The molecular formula is C26H44O3PS+. The fourth-order valence-electron chi connectivity index (χ4n) is 4.07. The molecule has 0 saturated carbocycles. The summed E-state index contributed by atoms with van der Waals surface area (Å²) in [5.41, 5.74) is 0. The van der Waals surface area contributed by atoms with Gasteiger partial charge in [0.1, 0.15) is 4.90 Å². The van der Waals surface area contributed by atoms with Gasteiger partial charge in [-0.1, -0.05) is 89.8 Å². The molecule has 0 aliphatic rings. The molecule has 0 heterocycles. The molecule has 0 aliphatic carbocycles. The summed E-state index contributed by atoms with van der Waals surface area (Å²) < 4.78 is 31.0. The zero-order valence-electron chi connectivity index (χ0n) is 20.1. The van der Waals surface area contributed by atoms with Crippen LogP contribution in [0.3, 0.4) is 0 Å². The SMILES string of the molecule is CCCC[P+](CCCC)(CCCC)CCCC.O=S(=O)(O)c1cccc2ccccc12. The molecule has 2 rings (SSSR count). The lowest BCUT2D eigenvalue weighted by molar-refractivity contribution is 0.484. The second kappa shape index (κ2) is 15.0. The van der Waals surface area contributed by atoms with Crippen LogP contribution >= 0.6 is 7.26 Å². The predicted octanol–water partition coefficient (Wildman–Crippen LogP) is 8.29. The molecule has 3 nitrogen and oxygen atoms in total. The minimum atomic E-state index is -4.13. The van der Waals surface area contributed by atoms with E-state index in [1.165, 1.54) is 57.4 Å². The first-order valence-corrected chi connectivity index (χ1v) is 16.1. The summed E-state index contributed by atoms with van der Waals surface area (Å²) in [7, 11) is -4.69. The molecule has 1 N–H and O–H groups in total. The fraction of sp³-hybridized carbons (Fsp3) is 0.615. The monoisotopic (exact) mass is 467 g/mol. The zero-order chi connectivity index (χ0) is 23.2. The van der Waals surface area contributed by atoms with Gasteiger partial charge in [-0.2, -0.15) is 8.42 Å². The third-order valence-electron chi connectivity index (χ3n) is 5.97. The maximum Gasteiger partial charge on any atom is 0.295 e. The maximum absolute atomic E-state index is 11.0. The lowest BCUT2D eigenvalue weighted by Gasteiger charge is -2.28. The summed E-state index contributed by atoms with van der Waals surface area (Å²) in [6, 6.07) is 11.8. The third-order valence-corrected chi connectivity index (χ3v) is 11.9. The van der Waals surface area contributed by atoms with Crippen molar-refractivity contribution < 1.29 is 13.0 Å². The van der Waals surface area contributed by atoms with Gasteiger partial charge in [-0.25, -0.2) is 0 Å². The summed E-state index contributed by atoms with van der Waals surface area (Å²) in [5, 5.41) is 1.33. The van der Waals surface area contributed by atoms with Crippen LogP contribution in [0, 0.1) is 0 Å². The van der Waals surface area contributed by atoms with E-state index in [4.69, 9.17) is 4.55 Å². The average molecular weight is 468 g/mol. The van der Waals surface area contributed by atoms with Crippen molar-refractivity contribution in [3.05, 3.63) is 42.5 Å². The van der Waals surface area contributed by atoms with Crippen molar-refractivity contribution >= 4 is 28.2 Å². The number of unbranched alkanes of at least 4 members (excludes halogenated alkanes) is 4. The van der Waals surface area contributed by atoms with E-state index in [0.717, 1.165) is 5.39 Å². The van der Waals surface area contributed by atoms with Gasteiger partial charge in [0.15, 0.2) is 0 Å². The summed E-state index contributed by atoms with van der Waals surface area (Å²) >= 11 is 0. The highest BCUT2D eigenvalue weighted by molar-refractivity contribution is 7.86. The maximum atomic E-state index is 11.0. The number of rotatable bonds is 13. The molecule has 0 radical (unpaired) electrons. The molecule has 176 valence electrons. The lowest BCUT2D eigenvalue weighted by atomic mass is 10.1. The van der Waals surface area contributed by atoms with E-state index in [2.05, 4.69) is 27.7 Å². The molecule has 0 unspecified atom stereocenters. The largest absolute Gasteiger partial charge is 0.295 e. The van der Waals surface area contributed by atoms with Crippen LogP contribution in [0.4, 0.5) is 0 Å². The van der Waals surface area contributed by atoms with Gasteiger partial charge in [0, 0.05) is 12.6 Å². The van der Waals surface area contributed by atoms with Crippen LogP contribution in [0.15, 0.2) is 47.4 Å². The summed E-state index contributed by atoms with van der Waals surface area (Å²) in [6.45, 7) is 9.42. The molecule has 0 aromatic heterocycles. The molecule has 2 aromatic carbocycles. The van der Waals surface area contributed by atoms with E-state index in [9.17, 15) is 8.42 Å². The first-order chi connectivity index (χ1) is 14.8. The standard InChI is InChI=1S/C16H36P.C10H8O3S/c1-5-9-13-17(14-10-6-2,15-11-7-3)16-12-8-4;11-14(12,13)10-7-3-5-8-4-1-2-6-9(8)10/h5-16H2,1-4H3;1-7H,(H,11,12,13)/q+1;. The minimum absolute atomic E-state index is 0.0457. The van der Waals surface area contributed by atoms with Crippen LogP contribution in [0.2, 0.25) is 0 Å². The van der Waals surface area contributed by atoms with Gasteiger partial charge in [-0.15, -0.1) is 0 Å². The molecule has 31 heavy (non-hydrogen) atoms. The number of benzene rings is 2. The highest BCUT2D eigenvalue weighted by Gasteiger charge is 2.34. The van der Waals surface area contributed by atoms with Crippen molar-refractivity contribution in [2.75, 3.05) is 24.6 Å². The summed E-state index contributed by atoms with van der Waals surface area (Å²) in [5.74, 6) is 0. The van der Waals surface area contributed by atoms with E-state index in [1.54, 1.807) is 55.0 Å². The van der Waals surface area contributed by atoms with Crippen LogP contribution in [0.25, 0.3) is 10.8 Å². The van der Waals surface area contributed by atoms with Crippen LogP contribution in [0.5, 0.6) is 0 Å². The molecule has 0 fully saturated rings. The van der Waals surface area contributed by atoms with E-state index in [0.29, 0.717) is 5.39 Å². The van der Waals surface area contributed by atoms with Crippen LogP contribution in [-0.2, 0) is 10.1 Å². The van der Waals surface area contributed by atoms with E-state index >= 15 is 0 Å². The Morgan fingerprint density at radius 1 is 0.677 bits per heavy atom. The second-order valence-corrected chi connectivity index (χ2v) is 14.5. The molecule has 0 aliphatic heterocycles. The van der Waals surface area contributed by atoms with Crippen molar-refractivity contribution in [3.63, 3.8) is 0 Å². The molecule has 0 atom stereocenters. The highest BCUT2D eigenvalue weighted by Crippen LogP contribution is 2.61. The second-order valence-electron chi connectivity index (χ2n) is 8.60. The van der Waals surface area contributed by atoms with Crippen molar-refractivity contribution in [3.8, 4) is 0 Å². The highest BCUT2D eigenvalue weighted by atomic mass is 32.2. The molecule has 0 bridgehead atoms. The van der Waals surface area contributed by atoms with Crippen molar-refractivity contribution in [2.45, 2.75) is 84.0 Å². The molecule has 0 saturated heterocycles. The predicted molar refractivity (Wildman–Crippen MR) is 140 cm³/mol. The molecular weight excluding hydrogens is 423 g/mol. The quantitative estimate of drug-likeness (QED) is 0.238. The van der Waals surface area contributed by atoms with Crippen molar-refractivity contribution in [1.82, 2.24) is 0 Å². The van der Waals surface area contributed by atoms with Gasteiger partial charge in [-0.05, 0) is 37.1 Å². The molecule has 2 aromatic rings. The molecule has 5 heteroatoms. The Morgan fingerprint density at radius 2 is 1.10 bits per heavy atom. The molecule has 0 amide bonds. The first-order valence-electron chi connectivity index (χ1n) is 12.1. The summed E-state index contributed by atoms with van der Waals surface area (Å²) in [4.78, 5) is -0.0457. The van der Waals surface area contributed by atoms with Crippen molar-refractivity contribution in [2.24, 2.45) is 0 Å². The average Bonchev–Trinajstić information content (AvgIpc) is 2.77. The topological polar surface area (TPSA) is 54.4 Å². The first kappa shape index (κ1) is 28.1. The van der Waals surface area contributed by atoms with Crippen LogP contribution in [-0.4, -0.2) is 37.6 Å². The number of hydrogen-bond donors (Lipinski definition) is 1. The normalized spacial score (nSPS) is 11.9. The fourth-order valence-corrected chi connectivity index (χ4v) is 10.1. The minimum Gasteiger partial charge on any atom is -0.282 e. The van der Waals surface area contributed by atoms with E-state index < -0.39 is 17.4 Å². The zero-order valence-corrected chi connectivity index (χ0v) is 21.9. The number of fused-ring (bicyclic) bond motifs is 1. The van der Waals surface area contributed by atoms with Gasteiger partial charge in [0.25, 0.3) is 10.1 Å². The van der Waals surface area contributed by atoms with Crippen LogP contribution in [0.1, 0.15) is 79.1 Å². The van der Waals surface area contributed by atoms with Crippen LogP contribution < -0.4 is 0 Å². The van der Waals surface area contributed by atoms with Crippen molar-refractivity contribution in [1.29, 1.82) is 0 Å². The van der Waals surface area contributed by atoms with Gasteiger partial charge >= 0.3 is 0 Å². The Bertz CT molecular complexity index is 806. The van der Waals surface area contributed by atoms with Gasteiger partial charge in [-0.3, -0.25) is 4.55 Å². The van der Waals surface area contributed by atoms with Gasteiger partial charge < -0.3 is 0 Å². The lowest BCUT2D eigenvalue weighted by Crippen LogP contribution is -2.12. The summed E-state index contributed by atoms with van der Waals surface area (Å²) in [6.07, 6.45) is 17.9. The molecule has 0 spiro atoms. The third kappa shape index (κ3) is 10.0. The Labute approximate surface area is 192 Å². The van der Waals surface area contributed by atoms with E-state index in [1.807, 2.05) is 6.07 Å². The van der Waals surface area contributed by atoms with E-state index in [-0.39, 0.29) is 4.90 Å². The van der Waals surface area contributed by atoms with Gasteiger partial charge in [0.05, 0.1) is 24.6 Å². The Morgan fingerprint density at radius 3 is 1.52 bits per heavy atom. The Kier molecular flexibility index (Phi) is 13.6. The Hall–Kier alpha value is -0.960. The number of hydrogen-bond acceptors (Lipinski definition) is 2. The van der Waals surface area contributed by atoms with Gasteiger partial charge in [0.2, 0.25) is 0 Å². The Balaban J connectivity index is 0.000000314.